The van der Waals surface area contributed by atoms with E-state index in [1.807, 2.05) is 36.4 Å². The van der Waals surface area contributed by atoms with Crippen molar-refractivity contribution in [1.29, 1.82) is 0 Å². The molecule has 0 radical (unpaired) electrons. The highest BCUT2D eigenvalue weighted by atomic mass is 35.5. The van der Waals surface area contributed by atoms with Gasteiger partial charge in [0.1, 0.15) is 0 Å². The lowest BCUT2D eigenvalue weighted by Crippen LogP contribution is -2.13. The molecule has 0 spiro atoms. The molecule has 0 aromatic heterocycles. The van der Waals surface area contributed by atoms with Crippen LogP contribution < -0.4 is 9.47 Å². The van der Waals surface area contributed by atoms with Crippen molar-refractivity contribution in [3.05, 3.63) is 63.7 Å². The van der Waals surface area contributed by atoms with Crippen LogP contribution in [0.4, 0.5) is 0 Å². The number of hydrogen-bond acceptors (Lipinski definition) is 3. The van der Waals surface area contributed by atoms with E-state index in [-0.39, 0.29) is 5.78 Å². The minimum atomic E-state index is 0.0673. The van der Waals surface area contributed by atoms with E-state index in [2.05, 4.69) is 0 Å². The molecule has 0 heterocycles. The van der Waals surface area contributed by atoms with E-state index in [1.165, 1.54) is 0 Å². The SMILES string of the molecule is COc1ccc(/C=C2/CCc3ccccc3C2=O)c(Cl)c1OC. The monoisotopic (exact) mass is 328 g/mol. The van der Waals surface area contributed by atoms with Crippen LogP contribution in [0.3, 0.4) is 0 Å². The van der Waals surface area contributed by atoms with Gasteiger partial charge < -0.3 is 9.47 Å². The molecule has 3 rings (SSSR count). The van der Waals surface area contributed by atoms with Crippen LogP contribution in [0.5, 0.6) is 11.5 Å². The fraction of sp³-hybridized carbons (Fsp3) is 0.211. The van der Waals surface area contributed by atoms with Gasteiger partial charge in [0, 0.05) is 11.1 Å². The quantitative estimate of drug-likeness (QED) is 0.774. The molecular formula is C19H17ClO3. The Hall–Kier alpha value is -2.26. The molecular weight excluding hydrogens is 312 g/mol. The molecule has 0 N–H and O–H groups in total. The maximum Gasteiger partial charge on any atom is 0.189 e. The number of allylic oxidation sites excluding steroid dienone is 1. The Bertz CT molecular complexity index is 793. The fourth-order valence-corrected chi connectivity index (χ4v) is 3.14. The average Bonchev–Trinajstić information content (AvgIpc) is 2.58. The third-order valence-electron chi connectivity index (χ3n) is 4.06. The van der Waals surface area contributed by atoms with Gasteiger partial charge in [-0.2, -0.15) is 0 Å². The molecule has 0 fully saturated rings. The number of carbonyl (C=O) groups is 1. The molecule has 0 bridgehead atoms. The first kappa shape index (κ1) is 15.6. The van der Waals surface area contributed by atoms with Gasteiger partial charge in [0.05, 0.1) is 19.2 Å². The summed E-state index contributed by atoms with van der Waals surface area (Å²) in [5.74, 6) is 1.12. The summed E-state index contributed by atoms with van der Waals surface area (Å²) in [6.45, 7) is 0. The van der Waals surface area contributed by atoms with E-state index in [1.54, 1.807) is 20.3 Å². The zero-order valence-electron chi connectivity index (χ0n) is 13.1. The molecule has 0 saturated carbocycles. The number of aryl methyl sites for hydroxylation is 1. The van der Waals surface area contributed by atoms with Gasteiger partial charge in [-0.1, -0.05) is 35.9 Å². The van der Waals surface area contributed by atoms with Crippen LogP contribution in [0.2, 0.25) is 5.02 Å². The van der Waals surface area contributed by atoms with Crippen molar-refractivity contribution in [2.75, 3.05) is 14.2 Å². The topological polar surface area (TPSA) is 35.5 Å². The number of Topliss-reactive ketones (excluding diaryl/α,β-unsaturated/α-hetero) is 1. The van der Waals surface area contributed by atoms with Crippen molar-refractivity contribution in [3.63, 3.8) is 0 Å². The Morgan fingerprint density at radius 1 is 1.04 bits per heavy atom. The summed E-state index contributed by atoms with van der Waals surface area (Å²) in [5, 5.41) is 0.450. The minimum absolute atomic E-state index is 0.0673. The van der Waals surface area contributed by atoms with Gasteiger partial charge in [-0.25, -0.2) is 0 Å². The zero-order chi connectivity index (χ0) is 16.4. The largest absolute Gasteiger partial charge is 0.493 e. The van der Waals surface area contributed by atoms with Crippen molar-refractivity contribution < 1.29 is 14.3 Å². The third-order valence-corrected chi connectivity index (χ3v) is 4.45. The smallest absolute Gasteiger partial charge is 0.189 e. The van der Waals surface area contributed by atoms with Crippen molar-refractivity contribution in [3.8, 4) is 11.5 Å². The van der Waals surface area contributed by atoms with Gasteiger partial charge in [0.2, 0.25) is 0 Å². The second-order valence-corrected chi connectivity index (χ2v) is 5.74. The molecule has 0 atom stereocenters. The number of ether oxygens (including phenoxy) is 2. The maximum absolute atomic E-state index is 12.6. The van der Waals surface area contributed by atoms with Crippen LogP contribution in [0, 0.1) is 0 Å². The number of benzene rings is 2. The van der Waals surface area contributed by atoms with E-state index >= 15 is 0 Å². The molecule has 0 unspecified atom stereocenters. The maximum atomic E-state index is 12.6. The molecule has 23 heavy (non-hydrogen) atoms. The normalized spacial score (nSPS) is 15.4. The van der Waals surface area contributed by atoms with Gasteiger partial charge in [0.15, 0.2) is 17.3 Å². The van der Waals surface area contributed by atoms with E-state index in [0.29, 0.717) is 22.9 Å². The lowest BCUT2D eigenvalue weighted by molar-refractivity contribution is 0.102. The third kappa shape index (κ3) is 2.84. The summed E-state index contributed by atoms with van der Waals surface area (Å²) in [6, 6.07) is 11.4. The van der Waals surface area contributed by atoms with Crippen LogP contribution in [0.15, 0.2) is 42.0 Å². The number of ketones is 1. The van der Waals surface area contributed by atoms with E-state index in [9.17, 15) is 4.79 Å². The van der Waals surface area contributed by atoms with Gasteiger partial charge in [-0.05, 0) is 42.2 Å². The van der Waals surface area contributed by atoms with Crippen LogP contribution in [0.1, 0.15) is 27.9 Å². The fourth-order valence-electron chi connectivity index (χ4n) is 2.86. The Kier molecular flexibility index (Phi) is 4.39. The first-order valence-corrected chi connectivity index (χ1v) is 7.77. The van der Waals surface area contributed by atoms with Crippen molar-refractivity contribution in [2.45, 2.75) is 12.8 Å². The summed E-state index contributed by atoms with van der Waals surface area (Å²) in [6.07, 6.45) is 3.42. The van der Waals surface area contributed by atoms with Crippen molar-refractivity contribution in [1.82, 2.24) is 0 Å². The highest BCUT2D eigenvalue weighted by molar-refractivity contribution is 6.34. The summed E-state index contributed by atoms with van der Waals surface area (Å²) in [7, 11) is 3.11. The number of carbonyl (C=O) groups excluding carboxylic acids is 1. The number of halogens is 1. The van der Waals surface area contributed by atoms with Gasteiger partial charge in [0.25, 0.3) is 0 Å². The predicted molar refractivity (Wildman–Crippen MR) is 91.6 cm³/mol. The predicted octanol–water partition coefficient (Wildman–Crippen LogP) is 4.57. The number of methoxy groups -OCH3 is 2. The van der Waals surface area contributed by atoms with E-state index in [4.69, 9.17) is 21.1 Å². The van der Waals surface area contributed by atoms with Gasteiger partial charge >= 0.3 is 0 Å². The first-order chi connectivity index (χ1) is 11.2. The summed E-state index contributed by atoms with van der Waals surface area (Å²) >= 11 is 6.40. The number of fused-ring (bicyclic) bond motifs is 1. The van der Waals surface area contributed by atoms with Crippen LogP contribution in [0.25, 0.3) is 6.08 Å². The molecule has 1 aliphatic carbocycles. The Morgan fingerprint density at radius 2 is 1.83 bits per heavy atom. The second kappa shape index (κ2) is 6.47. The van der Waals surface area contributed by atoms with Gasteiger partial charge in [-0.15, -0.1) is 0 Å². The summed E-state index contributed by atoms with van der Waals surface area (Å²) < 4.78 is 10.5. The average molecular weight is 329 g/mol. The van der Waals surface area contributed by atoms with Crippen molar-refractivity contribution in [2.24, 2.45) is 0 Å². The lowest BCUT2D eigenvalue weighted by atomic mass is 9.86. The lowest BCUT2D eigenvalue weighted by Gasteiger charge is -2.18. The molecule has 0 amide bonds. The highest BCUT2D eigenvalue weighted by Crippen LogP contribution is 2.39. The van der Waals surface area contributed by atoms with Crippen LogP contribution in [-0.2, 0) is 6.42 Å². The van der Waals surface area contributed by atoms with E-state index < -0.39 is 0 Å². The highest BCUT2D eigenvalue weighted by Gasteiger charge is 2.22. The number of rotatable bonds is 3. The number of hydrogen-bond donors (Lipinski definition) is 0. The summed E-state index contributed by atoms with van der Waals surface area (Å²) in [4.78, 5) is 12.6. The molecule has 1 aliphatic rings. The summed E-state index contributed by atoms with van der Waals surface area (Å²) in [5.41, 5.74) is 3.40. The molecule has 0 saturated heterocycles. The Balaban J connectivity index is 2.02. The molecule has 0 aliphatic heterocycles. The Morgan fingerprint density at radius 3 is 2.57 bits per heavy atom. The molecule has 4 heteroatoms. The second-order valence-electron chi connectivity index (χ2n) is 5.36. The molecule has 3 nitrogen and oxygen atoms in total. The molecule has 2 aromatic rings. The first-order valence-electron chi connectivity index (χ1n) is 7.39. The Labute approximate surface area is 140 Å². The molecule has 118 valence electrons. The minimum Gasteiger partial charge on any atom is -0.493 e. The zero-order valence-corrected chi connectivity index (χ0v) is 13.8. The van der Waals surface area contributed by atoms with Crippen LogP contribution >= 0.6 is 11.6 Å². The van der Waals surface area contributed by atoms with Crippen molar-refractivity contribution >= 4 is 23.5 Å². The molecule has 2 aromatic carbocycles. The standard InChI is InChI=1S/C19H17ClO3/c1-22-16-10-9-13(17(20)19(16)23-2)11-14-8-7-12-5-3-4-6-15(12)18(14)21/h3-6,9-11H,7-8H2,1-2H3/b14-11-. The van der Waals surface area contributed by atoms with Gasteiger partial charge in [-0.3, -0.25) is 4.79 Å². The van der Waals surface area contributed by atoms with Crippen LogP contribution in [-0.4, -0.2) is 20.0 Å². The van der Waals surface area contributed by atoms with E-state index in [0.717, 1.165) is 28.7 Å².